The predicted molar refractivity (Wildman–Crippen MR) is 207 cm³/mol. The van der Waals surface area contributed by atoms with Gasteiger partial charge in [-0.3, -0.25) is 15.0 Å². The summed E-state index contributed by atoms with van der Waals surface area (Å²) in [6.45, 7) is 0. The molecule has 3 heterocycles. The van der Waals surface area contributed by atoms with Crippen molar-refractivity contribution in [2.24, 2.45) is 0 Å². The van der Waals surface area contributed by atoms with Crippen LogP contribution in [-0.4, -0.2) is 15.0 Å². The average Bonchev–Trinajstić information content (AvgIpc) is 3.21. The highest BCUT2D eigenvalue weighted by molar-refractivity contribution is 6.21. The Morgan fingerprint density at radius 1 is 0.240 bits per heavy atom. The number of aromatic nitrogens is 3. The topological polar surface area (TPSA) is 38.7 Å². The smallest absolute Gasteiger partial charge is 0.0714 e. The quantitative estimate of drug-likeness (QED) is 0.170. The molecule has 50 heavy (non-hydrogen) atoms. The Labute approximate surface area is 291 Å². The van der Waals surface area contributed by atoms with Crippen LogP contribution in [0, 0.1) is 0 Å². The van der Waals surface area contributed by atoms with E-state index in [1.807, 2.05) is 36.8 Å². The first-order valence-corrected chi connectivity index (χ1v) is 16.8. The van der Waals surface area contributed by atoms with Gasteiger partial charge >= 0.3 is 0 Å². The zero-order valence-corrected chi connectivity index (χ0v) is 27.2. The van der Waals surface area contributed by atoms with Crippen LogP contribution in [0.2, 0.25) is 0 Å². The molecule has 0 radical (unpaired) electrons. The Balaban J connectivity index is 1.25. The number of fused-ring (bicyclic) bond motifs is 2. The summed E-state index contributed by atoms with van der Waals surface area (Å²) in [6, 6.07) is 59.4. The second-order valence-corrected chi connectivity index (χ2v) is 12.5. The summed E-state index contributed by atoms with van der Waals surface area (Å²) in [5, 5.41) is 4.51. The Morgan fingerprint density at radius 2 is 0.600 bits per heavy atom. The number of hydrogen-bond donors (Lipinski definition) is 0. The lowest BCUT2D eigenvalue weighted by Crippen LogP contribution is -1.95. The Bertz CT molecular complexity index is 2580. The summed E-state index contributed by atoms with van der Waals surface area (Å²) in [4.78, 5) is 15.1. The molecule has 0 atom stereocenters. The van der Waals surface area contributed by atoms with Gasteiger partial charge in [-0.15, -0.1) is 0 Å². The molecule has 3 heteroatoms. The van der Waals surface area contributed by atoms with E-state index in [-0.39, 0.29) is 0 Å². The average molecular weight is 638 g/mol. The second-order valence-electron chi connectivity index (χ2n) is 12.5. The van der Waals surface area contributed by atoms with E-state index < -0.39 is 0 Å². The normalized spacial score (nSPS) is 11.2. The van der Waals surface area contributed by atoms with Crippen molar-refractivity contribution in [2.45, 2.75) is 0 Å². The second kappa shape index (κ2) is 12.7. The molecule has 6 aromatic carbocycles. The molecule has 0 bridgehead atoms. The van der Waals surface area contributed by atoms with Crippen molar-refractivity contribution in [3.63, 3.8) is 0 Å². The van der Waals surface area contributed by atoms with Gasteiger partial charge in [-0.1, -0.05) is 146 Å². The fourth-order valence-corrected chi connectivity index (χ4v) is 6.94. The summed E-state index contributed by atoms with van der Waals surface area (Å²) in [5.41, 5.74) is 12.8. The van der Waals surface area contributed by atoms with Crippen molar-refractivity contribution >= 4 is 21.5 Å². The van der Waals surface area contributed by atoms with Gasteiger partial charge < -0.3 is 0 Å². The van der Waals surface area contributed by atoms with Gasteiger partial charge in [-0.2, -0.15) is 0 Å². The van der Waals surface area contributed by atoms with Crippen molar-refractivity contribution in [1.82, 2.24) is 15.0 Å². The molecule has 0 N–H and O–H groups in total. The maximum absolute atomic E-state index is 5.09. The molecule has 0 saturated carbocycles. The van der Waals surface area contributed by atoms with Gasteiger partial charge in [-0.25, -0.2) is 0 Å². The van der Waals surface area contributed by atoms with Crippen LogP contribution in [0.4, 0.5) is 0 Å². The maximum Gasteiger partial charge on any atom is 0.0714 e. The summed E-state index contributed by atoms with van der Waals surface area (Å²) < 4.78 is 0. The van der Waals surface area contributed by atoms with Crippen molar-refractivity contribution < 1.29 is 0 Å². The van der Waals surface area contributed by atoms with Gasteiger partial charge in [0, 0.05) is 52.0 Å². The zero-order chi connectivity index (χ0) is 33.3. The number of nitrogens with zero attached hydrogens (tertiary/aromatic N) is 3. The van der Waals surface area contributed by atoms with E-state index in [0.29, 0.717) is 0 Å². The minimum atomic E-state index is 0.921. The fraction of sp³-hybridized carbons (Fsp3) is 0. The molecule has 3 nitrogen and oxygen atoms in total. The summed E-state index contributed by atoms with van der Waals surface area (Å²) in [5.74, 6) is 0. The number of hydrogen-bond acceptors (Lipinski definition) is 3. The highest BCUT2D eigenvalue weighted by Gasteiger charge is 2.19. The molecule has 0 aliphatic rings. The highest BCUT2D eigenvalue weighted by atomic mass is 14.7. The van der Waals surface area contributed by atoms with Crippen LogP contribution in [0.3, 0.4) is 0 Å². The first-order chi connectivity index (χ1) is 24.8. The minimum Gasteiger partial charge on any atom is -0.256 e. The Morgan fingerprint density at radius 3 is 1.02 bits per heavy atom. The standard InChI is InChI=1S/C47H31N3/c1-4-12-32(13-5-1)36-21-25-43(48-29-36)35-20-24-41-42(28-35)47(45-27-23-38(31-50-45)34-16-8-3-9-17-34)40-19-11-10-18-39(40)46(41)44-26-22-37(30-49-44)33-14-6-2-7-15-33/h1-31H. The summed E-state index contributed by atoms with van der Waals surface area (Å²) in [6.07, 6.45) is 5.93. The molecule has 0 aliphatic carbocycles. The lowest BCUT2D eigenvalue weighted by molar-refractivity contribution is 1.32. The SMILES string of the molecule is c1ccc(-c2ccc(-c3ccc4c(-c5ccc(-c6ccccc6)cn5)c5ccccc5c(-c5ccc(-c6ccccc6)cn5)c4c3)nc2)cc1. The molecule has 3 aromatic heterocycles. The first-order valence-electron chi connectivity index (χ1n) is 16.8. The third-order valence-corrected chi connectivity index (χ3v) is 9.44. The molecule has 0 fully saturated rings. The third kappa shape index (κ3) is 5.41. The van der Waals surface area contributed by atoms with Crippen LogP contribution in [0.25, 0.3) is 88.7 Å². The van der Waals surface area contributed by atoms with Crippen LogP contribution in [0.15, 0.2) is 188 Å². The molecule has 9 rings (SSSR count). The van der Waals surface area contributed by atoms with E-state index in [2.05, 4.69) is 152 Å². The van der Waals surface area contributed by atoms with Crippen LogP contribution in [0.5, 0.6) is 0 Å². The minimum absolute atomic E-state index is 0.921. The number of pyridine rings is 3. The molecular weight excluding hydrogens is 607 g/mol. The Hall–Kier alpha value is -6.71. The van der Waals surface area contributed by atoms with E-state index in [9.17, 15) is 0 Å². The number of benzene rings is 6. The first kappa shape index (κ1) is 29.4. The van der Waals surface area contributed by atoms with E-state index in [0.717, 1.165) is 88.7 Å². The van der Waals surface area contributed by atoms with Crippen LogP contribution in [-0.2, 0) is 0 Å². The van der Waals surface area contributed by atoms with Gasteiger partial charge in [-0.05, 0) is 62.5 Å². The van der Waals surface area contributed by atoms with E-state index >= 15 is 0 Å². The van der Waals surface area contributed by atoms with Gasteiger partial charge in [0.25, 0.3) is 0 Å². The maximum atomic E-state index is 5.09. The fourth-order valence-electron chi connectivity index (χ4n) is 6.94. The van der Waals surface area contributed by atoms with E-state index in [4.69, 9.17) is 15.0 Å². The van der Waals surface area contributed by atoms with Gasteiger partial charge in [0.2, 0.25) is 0 Å². The molecular formula is C47H31N3. The van der Waals surface area contributed by atoms with Crippen LogP contribution >= 0.6 is 0 Å². The highest BCUT2D eigenvalue weighted by Crippen LogP contribution is 2.44. The van der Waals surface area contributed by atoms with Crippen molar-refractivity contribution in [3.05, 3.63) is 188 Å². The van der Waals surface area contributed by atoms with Crippen molar-refractivity contribution in [1.29, 1.82) is 0 Å². The van der Waals surface area contributed by atoms with Gasteiger partial charge in [0.05, 0.1) is 17.1 Å². The largest absolute Gasteiger partial charge is 0.256 e. The molecule has 0 amide bonds. The van der Waals surface area contributed by atoms with Crippen LogP contribution in [0.1, 0.15) is 0 Å². The van der Waals surface area contributed by atoms with E-state index in [1.165, 1.54) is 0 Å². The molecule has 0 unspecified atom stereocenters. The van der Waals surface area contributed by atoms with Crippen molar-refractivity contribution in [3.8, 4) is 67.2 Å². The monoisotopic (exact) mass is 637 g/mol. The van der Waals surface area contributed by atoms with Gasteiger partial charge in [0.1, 0.15) is 0 Å². The molecule has 0 spiro atoms. The predicted octanol–water partition coefficient (Wildman–Crippen LogP) is 12.2. The molecule has 9 aromatic rings. The molecule has 0 aliphatic heterocycles. The summed E-state index contributed by atoms with van der Waals surface area (Å²) >= 11 is 0. The van der Waals surface area contributed by atoms with Crippen molar-refractivity contribution in [2.75, 3.05) is 0 Å². The van der Waals surface area contributed by atoms with Gasteiger partial charge in [0.15, 0.2) is 0 Å². The van der Waals surface area contributed by atoms with E-state index in [1.54, 1.807) is 0 Å². The molecule has 234 valence electrons. The molecule has 0 saturated heterocycles. The summed E-state index contributed by atoms with van der Waals surface area (Å²) in [7, 11) is 0. The lowest BCUT2D eigenvalue weighted by atomic mass is 9.87. The third-order valence-electron chi connectivity index (χ3n) is 9.44. The van der Waals surface area contributed by atoms with Crippen LogP contribution < -0.4 is 0 Å². The zero-order valence-electron chi connectivity index (χ0n) is 27.2. The Kier molecular flexibility index (Phi) is 7.49. The number of rotatable bonds is 6. The lowest BCUT2D eigenvalue weighted by Gasteiger charge is -2.18.